The molecule has 74 valence electrons. The molecule has 2 rings (SSSR count). The number of carbonyl (C=O) groups is 1. The predicted molar refractivity (Wildman–Crippen MR) is 64.3 cm³/mol. The van der Waals surface area contributed by atoms with Crippen molar-refractivity contribution in [3.63, 3.8) is 0 Å². The standard InChI is InChI=1S/C10H8BrClOS/c11-6-3-7-8(9(12)4-6)5-14-2-1-10(7)13/h3-4H,1-2,5H2. The van der Waals surface area contributed by atoms with Crippen LogP contribution in [0.5, 0.6) is 0 Å². The number of halogens is 2. The van der Waals surface area contributed by atoms with Crippen LogP contribution in [0.2, 0.25) is 5.02 Å². The van der Waals surface area contributed by atoms with Gasteiger partial charge < -0.3 is 0 Å². The fraction of sp³-hybridized carbons (Fsp3) is 0.300. The molecule has 0 fully saturated rings. The van der Waals surface area contributed by atoms with Crippen LogP contribution < -0.4 is 0 Å². The van der Waals surface area contributed by atoms with E-state index in [2.05, 4.69) is 15.9 Å². The fourth-order valence-electron chi connectivity index (χ4n) is 1.47. The molecule has 0 radical (unpaired) electrons. The summed E-state index contributed by atoms with van der Waals surface area (Å²) in [5, 5.41) is 0.692. The lowest BCUT2D eigenvalue weighted by Gasteiger charge is -2.06. The number of thioether (sulfide) groups is 1. The molecule has 4 heteroatoms. The summed E-state index contributed by atoms with van der Waals surface area (Å²) in [5.41, 5.74) is 1.77. The van der Waals surface area contributed by atoms with Crippen LogP contribution in [0.4, 0.5) is 0 Å². The second-order valence-corrected chi connectivity index (χ2v) is 5.57. The van der Waals surface area contributed by atoms with Gasteiger partial charge in [-0.15, -0.1) is 0 Å². The first-order valence-electron chi connectivity index (χ1n) is 4.27. The van der Waals surface area contributed by atoms with E-state index in [1.807, 2.05) is 12.1 Å². The maximum Gasteiger partial charge on any atom is 0.164 e. The smallest absolute Gasteiger partial charge is 0.164 e. The van der Waals surface area contributed by atoms with Crippen LogP contribution in [0, 0.1) is 0 Å². The summed E-state index contributed by atoms with van der Waals surface area (Å²) in [6.45, 7) is 0. The summed E-state index contributed by atoms with van der Waals surface area (Å²) < 4.78 is 0.876. The molecule has 0 atom stereocenters. The minimum Gasteiger partial charge on any atom is -0.294 e. The molecule has 1 heterocycles. The molecule has 1 aliphatic heterocycles. The second kappa shape index (κ2) is 4.25. The van der Waals surface area contributed by atoms with Crippen LogP contribution in [-0.2, 0) is 5.75 Å². The van der Waals surface area contributed by atoms with Crippen molar-refractivity contribution in [3.8, 4) is 0 Å². The van der Waals surface area contributed by atoms with Gasteiger partial charge in [0.15, 0.2) is 5.78 Å². The van der Waals surface area contributed by atoms with Gasteiger partial charge in [-0.25, -0.2) is 0 Å². The molecular weight excluding hydrogens is 284 g/mol. The summed E-state index contributed by atoms with van der Waals surface area (Å²) in [5.74, 6) is 1.93. The Hall–Kier alpha value is 0.01000. The number of ketones is 1. The molecule has 0 bridgehead atoms. The first-order valence-corrected chi connectivity index (χ1v) is 6.60. The number of hydrogen-bond donors (Lipinski definition) is 0. The quantitative estimate of drug-likeness (QED) is 0.720. The van der Waals surface area contributed by atoms with E-state index in [-0.39, 0.29) is 5.78 Å². The van der Waals surface area contributed by atoms with Gasteiger partial charge in [-0.2, -0.15) is 11.8 Å². The van der Waals surface area contributed by atoms with E-state index in [0.29, 0.717) is 11.4 Å². The van der Waals surface area contributed by atoms with E-state index in [4.69, 9.17) is 11.6 Å². The molecule has 0 amide bonds. The van der Waals surface area contributed by atoms with Gasteiger partial charge in [-0.1, -0.05) is 27.5 Å². The van der Waals surface area contributed by atoms with Gasteiger partial charge in [-0.3, -0.25) is 4.79 Å². The number of benzene rings is 1. The normalized spacial score (nSPS) is 16.3. The van der Waals surface area contributed by atoms with Gasteiger partial charge in [0, 0.05) is 33.0 Å². The lowest BCUT2D eigenvalue weighted by Crippen LogP contribution is -2.01. The van der Waals surface area contributed by atoms with Crippen molar-refractivity contribution in [1.82, 2.24) is 0 Å². The van der Waals surface area contributed by atoms with Gasteiger partial charge in [0.2, 0.25) is 0 Å². The molecule has 0 N–H and O–H groups in total. The topological polar surface area (TPSA) is 17.1 Å². The van der Waals surface area contributed by atoms with E-state index >= 15 is 0 Å². The highest BCUT2D eigenvalue weighted by molar-refractivity contribution is 9.10. The van der Waals surface area contributed by atoms with Crippen LogP contribution in [0.3, 0.4) is 0 Å². The van der Waals surface area contributed by atoms with Crippen molar-refractivity contribution in [2.45, 2.75) is 12.2 Å². The maximum atomic E-state index is 11.7. The average molecular weight is 292 g/mol. The minimum atomic E-state index is 0.202. The lowest BCUT2D eigenvalue weighted by atomic mass is 10.0. The summed E-state index contributed by atoms with van der Waals surface area (Å²) in [6, 6.07) is 3.72. The van der Waals surface area contributed by atoms with E-state index in [1.54, 1.807) is 11.8 Å². The van der Waals surface area contributed by atoms with Crippen molar-refractivity contribution in [1.29, 1.82) is 0 Å². The number of hydrogen-bond acceptors (Lipinski definition) is 2. The third-order valence-corrected chi connectivity index (χ3v) is 3.96. The lowest BCUT2D eigenvalue weighted by molar-refractivity contribution is 0.0989. The maximum absolute atomic E-state index is 11.7. The van der Waals surface area contributed by atoms with Crippen molar-refractivity contribution in [3.05, 3.63) is 32.8 Å². The van der Waals surface area contributed by atoms with Crippen molar-refractivity contribution < 1.29 is 4.79 Å². The number of fused-ring (bicyclic) bond motifs is 1. The number of Topliss-reactive ketones (excluding diaryl/α,β-unsaturated/α-hetero) is 1. The Labute approximate surface area is 100 Å². The Morgan fingerprint density at radius 1 is 1.43 bits per heavy atom. The zero-order valence-electron chi connectivity index (χ0n) is 7.35. The van der Waals surface area contributed by atoms with Crippen molar-refractivity contribution in [2.24, 2.45) is 0 Å². The molecule has 1 aromatic carbocycles. The van der Waals surface area contributed by atoms with Gasteiger partial charge in [0.05, 0.1) is 0 Å². The highest BCUT2D eigenvalue weighted by atomic mass is 79.9. The minimum absolute atomic E-state index is 0.202. The van der Waals surface area contributed by atoms with Crippen molar-refractivity contribution in [2.75, 3.05) is 5.75 Å². The Bertz CT molecular complexity index is 392. The van der Waals surface area contributed by atoms with Crippen molar-refractivity contribution >= 4 is 45.1 Å². The summed E-state index contributed by atoms with van der Waals surface area (Å²) >= 11 is 11.2. The molecule has 0 saturated heterocycles. The SMILES string of the molecule is O=C1CCSCc2c(Cl)cc(Br)cc21. The van der Waals surface area contributed by atoms with Crippen LogP contribution in [-0.4, -0.2) is 11.5 Å². The van der Waals surface area contributed by atoms with Gasteiger partial charge >= 0.3 is 0 Å². The summed E-state index contributed by atoms with van der Waals surface area (Å²) in [4.78, 5) is 11.7. The molecule has 1 nitrogen and oxygen atoms in total. The molecule has 0 spiro atoms. The van der Waals surface area contributed by atoms with Crippen LogP contribution >= 0.6 is 39.3 Å². The molecule has 14 heavy (non-hydrogen) atoms. The third-order valence-electron chi connectivity index (χ3n) is 2.18. The average Bonchev–Trinajstić information content (AvgIpc) is 2.29. The first-order chi connectivity index (χ1) is 6.68. The van der Waals surface area contributed by atoms with E-state index in [1.165, 1.54) is 0 Å². The van der Waals surface area contributed by atoms with Crippen LogP contribution in [0.1, 0.15) is 22.3 Å². The Morgan fingerprint density at radius 2 is 2.21 bits per heavy atom. The fourth-order valence-corrected chi connectivity index (χ4v) is 3.42. The molecular formula is C10H8BrClOS. The van der Waals surface area contributed by atoms with E-state index in [9.17, 15) is 4.79 Å². The summed E-state index contributed by atoms with van der Waals surface area (Å²) in [7, 11) is 0. The zero-order valence-corrected chi connectivity index (χ0v) is 10.5. The van der Waals surface area contributed by atoms with E-state index in [0.717, 1.165) is 27.1 Å². The van der Waals surface area contributed by atoms with Gasteiger partial charge in [0.1, 0.15) is 0 Å². The molecule has 0 aliphatic carbocycles. The summed E-state index contributed by atoms with van der Waals surface area (Å²) in [6.07, 6.45) is 0.616. The zero-order chi connectivity index (χ0) is 10.1. The largest absolute Gasteiger partial charge is 0.294 e. The van der Waals surface area contributed by atoms with E-state index < -0.39 is 0 Å². The molecule has 0 aromatic heterocycles. The molecule has 0 saturated carbocycles. The number of carbonyl (C=O) groups excluding carboxylic acids is 1. The molecule has 0 unspecified atom stereocenters. The third kappa shape index (κ3) is 2.00. The monoisotopic (exact) mass is 290 g/mol. The highest BCUT2D eigenvalue weighted by Gasteiger charge is 2.18. The second-order valence-electron chi connectivity index (χ2n) is 3.14. The first kappa shape index (κ1) is 10.5. The number of rotatable bonds is 0. The predicted octanol–water partition coefficient (Wildman–Crippen LogP) is 3.92. The van der Waals surface area contributed by atoms with Crippen LogP contribution in [0.25, 0.3) is 0 Å². The Kier molecular flexibility index (Phi) is 3.20. The molecule has 1 aliphatic rings. The molecule has 1 aromatic rings. The Balaban J connectivity index is 2.58. The van der Waals surface area contributed by atoms with Crippen LogP contribution in [0.15, 0.2) is 16.6 Å². The Morgan fingerprint density at radius 3 is 3.00 bits per heavy atom. The van der Waals surface area contributed by atoms with Gasteiger partial charge in [-0.05, 0) is 17.7 Å². The highest BCUT2D eigenvalue weighted by Crippen LogP contribution is 2.32. The van der Waals surface area contributed by atoms with Gasteiger partial charge in [0.25, 0.3) is 0 Å².